The fraction of sp³-hybridized carbons (Fsp3) is 0.545. The summed E-state index contributed by atoms with van der Waals surface area (Å²) in [6.07, 6.45) is 6.71. The Kier molecular flexibility index (Phi) is 4.40. The van der Waals surface area contributed by atoms with Crippen molar-refractivity contribution >= 4 is 22.9 Å². The van der Waals surface area contributed by atoms with Crippen molar-refractivity contribution in [1.82, 2.24) is 9.80 Å². The number of likely N-dealkylation sites (N-methyl/N-ethyl adjacent to an activating group) is 1. The molecule has 1 saturated carbocycles. The molecule has 3 aliphatic rings. The molecule has 5 rings (SSSR count). The van der Waals surface area contributed by atoms with Crippen LogP contribution in [0.25, 0.3) is 0 Å². The highest BCUT2D eigenvalue weighted by atomic mass is 35.5. The van der Waals surface area contributed by atoms with Crippen LogP contribution in [-0.2, 0) is 0 Å². The maximum atomic E-state index is 6.42. The van der Waals surface area contributed by atoms with E-state index >= 15 is 0 Å². The second-order valence-electron chi connectivity index (χ2n) is 8.46. The van der Waals surface area contributed by atoms with Crippen molar-refractivity contribution in [3.8, 4) is 0 Å². The first-order valence-corrected chi connectivity index (χ1v) is 11.3. The lowest BCUT2D eigenvalue weighted by Crippen LogP contribution is -2.59. The average Bonchev–Trinajstić information content (AvgIpc) is 3.37. The zero-order valence-electron chi connectivity index (χ0n) is 15.5. The summed E-state index contributed by atoms with van der Waals surface area (Å²) < 4.78 is 0. The number of thiophene rings is 1. The van der Waals surface area contributed by atoms with Crippen LogP contribution >= 0.6 is 22.9 Å². The van der Waals surface area contributed by atoms with E-state index in [0.29, 0.717) is 17.5 Å². The highest BCUT2D eigenvalue weighted by molar-refractivity contribution is 7.08. The van der Waals surface area contributed by atoms with Crippen molar-refractivity contribution in [3.05, 3.63) is 56.7 Å². The molecule has 1 aliphatic heterocycles. The Bertz CT molecular complexity index is 781. The number of halogens is 1. The van der Waals surface area contributed by atoms with Gasteiger partial charge in [0, 0.05) is 42.2 Å². The fourth-order valence-electron chi connectivity index (χ4n) is 5.70. The van der Waals surface area contributed by atoms with E-state index in [1.807, 2.05) is 11.3 Å². The van der Waals surface area contributed by atoms with E-state index in [9.17, 15) is 0 Å². The third kappa shape index (κ3) is 2.75. The van der Waals surface area contributed by atoms with Gasteiger partial charge in [0.1, 0.15) is 0 Å². The Morgan fingerprint density at radius 1 is 1.12 bits per heavy atom. The van der Waals surface area contributed by atoms with Crippen LogP contribution in [0.15, 0.2) is 35.0 Å². The van der Waals surface area contributed by atoms with Gasteiger partial charge >= 0.3 is 0 Å². The zero-order valence-corrected chi connectivity index (χ0v) is 17.0. The summed E-state index contributed by atoms with van der Waals surface area (Å²) >= 11 is 8.23. The van der Waals surface area contributed by atoms with E-state index < -0.39 is 0 Å². The number of piperazine rings is 1. The Hall–Kier alpha value is -0.870. The predicted octanol–water partition coefficient (Wildman–Crippen LogP) is 5.54. The van der Waals surface area contributed by atoms with Crippen LogP contribution < -0.4 is 0 Å². The second kappa shape index (κ2) is 6.63. The first kappa shape index (κ1) is 17.2. The molecule has 0 unspecified atom stereocenters. The van der Waals surface area contributed by atoms with Crippen LogP contribution in [0.5, 0.6) is 0 Å². The van der Waals surface area contributed by atoms with Crippen LogP contribution in [0.3, 0.4) is 0 Å². The van der Waals surface area contributed by atoms with E-state index in [4.69, 9.17) is 11.6 Å². The lowest BCUT2D eigenvalue weighted by Gasteiger charge is -2.49. The van der Waals surface area contributed by atoms with Gasteiger partial charge in [-0.15, -0.1) is 0 Å². The molecule has 2 heterocycles. The number of nitrogens with zero attached hydrogens (tertiary/aromatic N) is 2. The molecule has 0 bridgehead atoms. The fourth-order valence-corrected chi connectivity index (χ4v) is 6.59. The number of fused-ring (bicyclic) bond motifs is 1. The van der Waals surface area contributed by atoms with Crippen LogP contribution in [0, 0.1) is 0 Å². The highest BCUT2D eigenvalue weighted by Gasteiger charge is 2.45. The van der Waals surface area contributed by atoms with Gasteiger partial charge in [0.25, 0.3) is 0 Å². The molecule has 1 saturated heterocycles. The molecular formula is C22H27ClN2S. The second-order valence-corrected chi connectivity index (χ2v) is 9.67. The molecule has 1 aromatic carbocycles. The minimum atomic E-state index is 0.414. The van der Waals surface area contributed by atoms with Crippen LogP contribution in [0.2, 0.25) is 5.02 Å². The maximum Gasteiger partial charge on any atom is 0.0409 e. The van der Waals surface area contributed by atoms with Crippen LogP contribution in [0.1, 0.15) is 60.8 Å². The maximum absolute atomic E-state index is 6.42. The smallest absolute Gasteiger partial charge is 0.0409 e. The average molecular weight is 387 g/mol. The van der Waals surface area contributed by atoms with E-state index in [1.54, 1.807) is 0 Å². The molecule has 0 N–H and O–H groups in total. The Morgan fingerprint density at radius 2 is 1.96 bits per heavy atom. The highest BCUT2D eigenvalue weighted by Crippen LogP contribution is 2.49. The summed E-state index contributed by atoms with van der Waals surface area (Å²) in [4.78, 5) is 5.44. The molecule has 0 radical (unpaired) electrons. The molecule has 2 nitrogen and oxygen atoms in total. The molecule has 138 valence electrons. The molecule has 1 aromatic heterocycles. The third-order valence-electron chi connectivity index (χ3n) is 7.19. The molecule has 2 aromatic rings. The Morgan fingerprint density at radius 3 is 2.73 bits per heavy atom. The number of rotatable bonds is 2. The van der Waals surface area contributed by atoms with Gasteiger partial charge in [0.05, 0.1) is 0 Å². The Labute approximate surface area is 165 Å². The van der Waals surface area contributed by atoms with Gasteiger partial charge in [-0.1, -0.05) is 30.5 Å². The van der Waals surface area contributed by atoms with Crippen molar-refractivity contribution in [1.29, 1.82) is 0 Å². The van der Waals surface area contributed by atoms with Crippen LogP contribution in [0.4, 0.5) is 0 Å². The SMILES string of the molecule is CN1CCN([C@H]2C[C@H](c3ccsc3)c3ccc(Cl)cc32)CC12CCCC2. The van der Waals surface area contributed by atoms with E-state index in [2.05, 4.69) is 51.9 Å². The molecule has 0 amide bonds. The molecule has 26 heavy (non-hydrogen) atoms. The third-order valence-corrected chi connectivity index (χ3v) is 8.13. The van der Waals surface area contributed by atoms with Crippen molar-refractivity contribution in [2.75, 3.05) is 26.7 Å². The molecule has 1 spiro atoms. The van der Waals surface area contributed by atoms with Crippen molar-refractivity contribution in [2.45, 2.75) is 49.6 Å². The number of hydrogen-bond donors (Lipinski definition) is 0. The van der Waals surface area contributed by atoms with Gasteiger partial charge in [-0.25, -0.2) is 0 Å². The van der Waals surface area contributed by atoms with Crippen molar-refractivity contribution < 1.29 is 0 Å². The summed E-state index contributed by atoms with van der Waals surface area (Å²) in [6, 6.07) is 9.41. The van der Waals surface area contributed by atoms with Crippen LogP contribution in [-0.4, -0.2) is 42.0 Å². The zero-order chi connectivity index (χ0) is 17.7. The number of benzene rings is 1. The quantitative estimate of drug-likeness (QED) is 0.668. The molecule has 2 atom stereocenters. The summed E-state index contributed by atoms with van der Waals surface area (Å²) in [5.74, 6) is 0.526. The van der Waals surface area contributed by atoms with E-state index in [0.717, 1.165) is 5.02 Å². The van der Waals surface area contributed by atoms with E-state index in [-0.39, 0.29) is 0 Å². The minimum absolute atomic E-state index is 0.414. The summed E-state index contributed by atoms with van der Waals surface area (Å²) in [5, 5.41) is 5.42. The summed E-state index contributed by atoms with van der Waals surface area (Å²) in [6.45, 7) is 3.58. The Balaban J connectivity index is 1.49. The van der Waals surface area contributed by atoms with Gasteiger partial charge in [-0.05, 0) is 72.0 Å². The van der Waals surface area contributed by atoms with Gasteiger partial charge in [-0.3, -0.25) is 9.80 Å². The minimum Gasteiger partial charge on any atom is -0.298 e. The van der Waals surface area contributed by atoms with E-state index in [1.165, 1.54) is 68.4 Å². The van der Waals surface area contributed by atoms with Gasteiger partial charge < -0.3 is 0 Å². The molecule has 4 heteroatoms. The monoisotopic (exact) mass is 386 g/mol. The first-order valence-electron chi connectivity index (χ1n) is 9.93. The van der Waals surface area contributed by atoms with Crippen molar-refractivity contribution in [3.63, 3.8) is 0 Å². The van der Waals surface area contributed by atoms with Gasteiger partial charge in [0.2, 0.25) is 0 Å². The summed E-state index contributed by atoms with van der Waals surface area (Å²) in [7, 11) is 2.34. The molecular weight excluding hydrogens is 360 g/mol. The lowest BCUT2D eigenvalue weighted by molar-refractivity contribution is -0.00181. The first-order chi connectivity index (χ1) is 12.7. The largest absolute Gasteiger partial charge is 0.298 e. The number of hydrogen-bond acceptors (Lipinski definition) is 3. The molecule has 2 aliphatic carbocycles. The van der Waals surface area contributed by atoms with Crippen molar-refractivity contribution in [2.24, 2.45) is 0 Å². The standard InChI is InChI=1S/C22H27ClN2S/c1-24-9-10-25(15-22(24)7-2-3-8-22)21-13-19(16-6-11-26-14-16)18-5-4-17(23)12-20(18)21/h4-6,11-12,14,19,21H,2-3,7-10,13,15H2,1H3/t19-,21+/m1/s1. The lowest BCUT2D eigenvalue weighted by atomic mass is 9.90. The topological polar surface area (TPSA) is 6.48 Å². The van der Waals surface area contributed by atoms with Gasteiger partial charge in [-0.2, -0.15) is 11.3 Å². The summed E-state index contributed by atoms with van der Waals surface area (Å²) in [5.41, 5.74) is 4.87. The predicted molar refractivity (Wildman–Crippen MR) is 110 cm³/mol. The van der Waals surface area contributed by atoms with Gasteiger partial charge in [0.15, 0.2) is 0 Å². The molecule has 2 fully saturated rings. The normalized spacial score (nSPS) is 28.7.